The molecule has 17 heavy (non-hydrogen) atoms. The van der Waals surface area contributed by atoms with Crippen LogP contribution in [0.15, 0.2) is 16.9 Å². The molecule has 1 aliphatic rings. The molecule has 1 fully saturated rings. The fourth-order valence-corrected chi connectivity index (χ4v) is 1.58. The first-order valence-corrected chi connectivity index (χ1v) is 5.53. The first kappa shape index (κ1) is 13.6. The maximum atomic E-state index is 10.6. The number of hydrogen-bond donors (Lipinski definition) is 1. The molecule has 0 aliphatic carbocycles. The van der Waals surface area contributed by atoms with Crippen LogP contribution in [0.25, 0.3) is 0 Å². The van der Waals surface area contributed by atoms with E-state index < -0.39 is 4.92 Å². The molecule has 0 radical (unpaired) electrons. The zero-order chi connectivity index (χ0) is 12.7. The minimum atomic E-state index is -0.520. The Hall–Kier alpha value is -1.47. The number of nitro groups is 1. The highest BCUT2D eigenvalue weighted by Gasteiger charge is 2.14. The minimum absolute atomic E-state index is 0.132. The number of aliphatic imine (C=N–C) groups is 1. The summed E-state index contributed by atoms with van der Waals surface area (Å²) in [6.45, 7) is 6.19. The van der Waals surface area contributed by atoms with E-state index in [-0.39, 0.29) is 5.70 Å². The number of ether oxygens (including phenoxy) is 1. The van der Waals surface area contributed by atoms with Crippen LogP contribution in [0.1, 0.15) is 6.92 Å². The van der Waals surface area contributed by atoms with Crippen LogP contribution < -0.4 is 5.73 Å². The van der Waals surface area contributed by atoms with Crippen molar-refractivity contribution in [3.8, 4) is 0 Å². The van der Waals surface area contributed by atoms with E-state index in [9.17, 15) is 10.1 Å². The van der Waals surface area contributed by atoms with Crippen molar-refractivity contribution in [2.24, 2.45) is 10.7 Å². The Morgan fingerprint density at radius 3 is 2.76 bits per heavy atom. The molecule has 96 valence electrons. The lowest BCUT2D eigenvalue weighted by Gasteiger charge is -2.25. The second kappa shape index (κ2) is 6.97. The Morgan fingerprint density at radius 1 is 1.59 bits per heavy atom. The highest BCUT2D eigenvalue weighted by atomic mass is 16.6. The van der Waals surface area contributed by atoms with Gasteiger partial charge in [-0.2, -0.15) is 0 Å². The van der Waals surface area contributed by atoms with Crippen LogP contribution in [0.3, 0.4) is 0 Å². The fraction of sp³-hybridized carbons (Fsp3) is 0.700. The minimum Gasteiger partial charge on any atom is -0.399 e. The average molecular weight is 242 g/mol. The van der Waals surface area contributed by atoms with Gasteiger partial charge in [-0.3, -0.25) is 20.0 Å². The second-order valence-corrected chi connectivity index (χ2v) is 3.73. The van der Waals surface area contributed by atoms with E-state index in [4.69, 9.17) is 10.5 Å². The molecular weight excluding hydrogens is 224 g/mol. The molecule has 0 unspecified atom stereocenters. The summed E-state index contributed by atoms with van der Waals surface area (Å²) in [7, 11) is 0. The Bertz CT molecular complexity index is 322. The molecule has 0 saturated carbocycles. The van der Waals surface area contributed by atoms with Crippen molar-refractivity contribution >= 4 is 5.71 Å². The molecule has 7 nitrogen and oxygen atoms in total. The first-order valence-electron chi connectivity index (χ1n) is 5.53. The summed E-state index contributed by atoms with van der Waals surface area (Å²) in [5.41, 5.74) is 5.41. The zero-order valence-corrected chi connectivity index (χ0v) is 9.96. The van der Waals surface area contributed by atoms with E-state index >= 15 is 0 Å². The monoisotopic (exact) mass is 242 g/mol. The van der Waals surface area contributed by atoms with Crippen LogP contribution in [0.4, 0.5) is 0 Å². The molecule has 1 rings (SSSR count). The summed E-state index contributed by atoms with van der Waals surface area (Å²) in [6, 6.07) is 0. The van der Waals surface area contributed by atoms with Gasteiger partial charge in [0, 0.05) is 19.6 Å². The van der Waals surface area contributed by atoms with Crippen molar-refractivity contribution < 1.29 is 9.66 Å². The summed E-state index contributed by atoms with van der Waals surface area (Å²) in [6.07, 6.45) is 0.980. The molecule has 1 saturated heterocycles. The van der Waals surface area contributed by atoms with Gasteiger partial charge in [-0.15, -0.1) is 0 Å². The SMILES string of the molecule is CC(=NCCN1CCOCC1)C(=CN)[N+](=O)[O-]. The maximum Gasteiger partial charge on any atom is 0.305 e. The number of allylic oxidation sites excluding steroid dienone is 1. The third-order valence-corrected chi connectivity index (χ3v) is 2.59. The molecule has 0 aromatic heterocycles. The van der Waals surface area contributed by atoms with Gasteiger partial charge >= 0.3 is 5.70 Å². The van der Waals surface area contributed by atoms with Crippen LogP contribution in [-0.4, -0.2) is 54.9 Å². The van der Waals surface area contributed by atoms with E-state index in [2.05, 4.69) is 9.89 Å². The summed E-state index contributed by atoms with van der Waals surface area (Å²) in [4.78, 5) is 16.4. The van der Waals surface area contributed by atoms with Crippen LogP contribution >= 0.6 is 0 Å². The smallest absolute Gasteiger partial charge is 0.305 e. The summed E-state index contributed by atoms with van der Waals surface area (Å²) in [5.74, 6) is 0. The van der Waals surface area contributed by atoms with Gasteiger partial charge in [0.1, 0.15) is 5.71 Å². The van der Waals surface area contributed by atoms with Crippen LogP contribution in [0, 0.1) is 10.1 Å². The van der Waals surface area contributed by atoms with Crippen LogP contribution in [0.2, 0.25) is 0 Å². The predicted octanol–water partition coefficient (Wildman–Crippen LogP) is -0.144. The quantitative estimate of drug-likeness (QED) is 0.411. The molecule has 2 N–H and O–H groups in total. The first-order chi connectivity index (χ1) is 8.15. The predicted molar refractivity (Wildman–Crippen MR) is 64.5 cm³/mol. The van der Waals surface area contributed by atoms with E-state index in [1.165, 1.54) is 0 Å². The number of hydrogen-bond acceptors (Lipinski definition) is 6. The lowest BCUT2D eigenvalue weighted by atomic mass is 10.3. The molecule has 7 heteroatoms. The van der Waals surface area contributed by atoms with Crippen LogP contribution in [-0.2, 0) is 4.74 Å². The summed E-state index contributed by atoms with van der Waals surface area (Å²) < 4.78 is 5.22. The van der Waals surface area contributed by atoms with E-state index in [1.807, 2.05) is 0 Å². The number of nitrogens with two attached hydrogens (primary N) is 1. The molecule has 0 bridgehead atoms. The Kier molecular flexibility index (Phi) is 5.58. The third-order valence-electron chi connectivity index (χ3n) is 2.59. The highest BCUT2D eigenvalue weighted by molar-refractivity contribution is 5.95. The number of morpholine rings is 1. The summed E-state index contributed by atoms with van der Waals surface area (Å²) >= 11 is 0. The molecule has 0 amide bonds. The lowest BCUT2D eigenvalue weighted by Crippen LogP contribution is -2.37. The lowest BCUT2D eigenvalue weighted by molar-refractivity contribution is -0.415. The van der Waals surface area contributed by atoms with E-state index in [0.717, 1.165) is 39.0 Å². The molecule has 1 heterocycles. The van der Waals surface area contributed by atoms with E-state index in [0.29, 0.717) is 12.3 Å². The molecule has 1 aliphatic heterocycles. The van der Waals surface area contributed by atoms with Gasteiger partial charge in [-0.05, 0) is 6.92 Å². The normalized spacial score (nSPS) is 19.4. The Labute approximate surface area is 100 Å². The van der Waals surface area contributed by atoms with Gasteiger partial charge in [-0.1, -0.05) is 0 Å². The van der Waals surface area contributed by atoms with Gasteiger partial charge in [0.25, 0.3) is 0 Å². The second-order valence-electron chi connectivity index (χ2n) is 3.73. The molecule has 0 spiro atoms. The number of nitrogens with zero attached hydrogens (tertiary/aromatic N) is 3. The van der Waals surface area contributed by atoms with Crippen molar-refractivity contribution in [2.45, 2.75) is 6.92 Å². The highest BCUT2D eigenvalue weighted by Crippen LogP contribution is 1.99. The van der Waals surface area contributed by atoms with Gasteiger partial charge in [0.2, 0.25) is 0 Å². The van der Waals surface area contributed by atoms with Crippen molar-refractivity contribution in [1.82, 2.24) is 4.90 Å². The molecular formula is C10H18N4O3. The van der Waals surface area contributed by atoms with Crippen molar-refractivity contribution in [1.29, 1.82) is 0 Å². The van der Waals surface area contributed by atoms with Gasteiger partial charge in [-0.25, -0.2) is 0 Å². The topological polar surface area (TPSA) is 94.0 Å². The van der Waals surface area contributed by atoms with Crippen LogP contribution in [0.5, 0.6) is 0 Å². The van der Waals surface area contributed by atoms with Crippen molar-refractivity contribution in [3.63, 3.8) is 0 Å². The molecule has 0 aromatic rings. The number of rotatable bonds is 5. The fourth-order valence-electron chi connectivity index (χ4n) is 1.58. The summed E-state index contributed by atoms with van der Waals surface area (Å²) in [5, 5.41) is 10.6. The third kappa shape index (κ3) is 4.49. The van der Waals surface area contributed by atoms with Gasteiger partial charge < -0.3 is 10.5 Å². The van der Waals surface area contributed by atoms with Crippen molar-refractivity contribution in [2.75, 3.05) is 39.4 Å². The Morgan fingerprint density at radius 2 is 2.24 bits per heavy atom. The standard InChI is InChI=1S/C10H18N4O3/c1-9(10(8-11)14(15)16)12-2-3-13-4-6-17-7-5-13/h8H,2-7,11H2,1H3. The van der Waals surface area contributed by atoms with Gasteiger partial charge in [0.15, 0.2) is 0 Å². The molecule has 0 aromatic carbocycles. The van der Waals surface area contributed by atoms with Crippen molar-refractivity contribution in [3.05, 3.63) is 22.0 Å². The van der Waals surface area contributed by atoms with Gasteiger partial charge in [0.05, 0.1) is 30.9 Å². The molecule has 0 atom stereocenters. The zero-order valence-electron chi connectivity index (χ0n) is 9.96. The maximum absolute atomic E-state index is 10.6. The Balaban J connectivity index is 2.39. The average Bonchev–Trinajstić information content (AvgIpc) is 2.30. The van der Waals surface area contributed by atoms with E-state index in [1.54, 1.807) is 6.92 Å². The largest absolute Gasteiger partial charge is 0.399 e.